The van der Waals surface area contributed by atoms with Crippen molar-refractivity contribution in [2.45, 2.75) is 12.6 Å². The zero-order valence-electron chi connectivity index (χ0n) is 9.00. The molecule has 0 radical (unpaired) electrons. The predicted molar refractivity (Wildman–Crippen MR) is 55.8 cm³/mol. The van der Waals surface area contributed by atoms with Gasteiger partial charge in [-0.15, -0.1) is 0 Å². The van der Waals surface area contributed by atoms with Gasteiger partial charge < -0.3 is 14.7 Å². The van der Waals surface area contributed by atoms with E-state index in [1.54, 1.807) is 4.90 Å². The third-order valence-corrected chi connectivity index (χ3v) is 3.10. The van der Waals surface area contributed by atoms with Crippen LogP contribution in [0.3, 0.4) is 0 Å². The number of fused-ring (bicyclic) bond motifs is 2. The number of aromatic hydroxyl groups is 1. The van der Waals surface area contributed by atoms with Crippen molar-refractivity contribution in [3.63, 3.8) is 0 Å². The summed E-state index contributed by atoms with van der Waals surface area (Å²) in [4.78, 5) is 25.0. The molecule has 1 atom stereocenters. The highest BCUT2D eigenvalue weighted by molar-refractivity contribution is 5.95. The van der Waals surface area contributed by atoms with Crippen LogP contribution in [0.1, 0.15) is 10.5 Å². The largest absolute Gasteiger partial charge is 0.502 e. The van der Waals surface area contributed by atoms with Crippen LogP contribution in [0.4, 0.5) is 0 Å². The minimum absolute atomic E-state index is 0.0179. The Morgan fingerprint density at radius 1 is 1.47 bits per heavy atom. The summed E-state index contributed by atoms with van der Waals surface area (Å²) in [6.45, 7) is 1.86. The molecule has 1 N–H and O–H groups in total. The number of hydrogen-bond acceptors (Lipinski definition) is 5. The van der Waals surface area contributed by atoms with Crippen LogP contribution in [-0.4, -0.2) is 51.5 Å². The van der Waals surface area contributed by atoms with Gasteiger partial charge in [-0.1, -0.05) is 0 Å². The van der Waals surface area contributed by atoms with Gasteiger partial charge in [0.05, 0.1) is 32.0 Å². The lowest BCUT2D eigenvalue weighted by Crippen LogP contribution is -2.55. The molecule has 0 saturated carbocycles. The zero-order chi connectivity index (χ0) is 12.0. The second-order valence-electron chi connectivity index (χ2n) is 4.12. The van der Waals surface area contributed by atoms with Gasteiger partial charge in [0.15, 0.2) is 11.4 Å². The first-order valence-electron chi connectivity index (χ1n) is 5.36. The molecule has 1 aromatic rings. The molecule has 1 amide bonds. The van der Waals surface area contributed by atoms with Crippen LogP contribution in [-0.2, 0) is 11.3 Å². The van der Waals surface area contributed by atoms with E-state index in [-0.39, 0.29) is 17.6 Å². The van der Waals surface area contributed by atoms with Gasteiger partial charge in [-0.25, -0.2) is 0 Å². The monoisotopic (exact) mass is 237 g/mol. The quantitative estimate of drug-likeness (QED) is 0.613. The minimum Gasteiger partial charge on any atom is -0.502 e. The second-order valence-corrected chi connectivity index (χ2v) is 4.12. The lowest BCUT2D eigenvalue weighted by molar-refractivity contribution is -0.0158. The molecular formula is C10H11N3O4. The molecular weight excluding hydrogens is 226 g/mol. The molecule has 1 unspecified atom stereocenters. The van der Waals surface area contributed by atoms with E-state index < -0.39 is 11.2 Å². The SMILES string of the molecule is O=C1c2c(O)c(=O)cnn2CC2COCCN12. The number of hydrogen-bond donors (Lipinski definition) is 1. The van der Waals surface area contributed by atoms with Gasteiger partial charge in [-0.3, -0.25) is 14.3 Å². The molecule has 3 heterocycles. The Morgan fingerprint density at radius 2 is 2.29 bits per heavy atom. The number of aromatic nitrogens is 2. The molecule has 0 bridgehead atoms. The average molecular weight is 237 g/mol. The number of carbonyl (C=O) groups is 1. The number of nitrogens with zero attached hydrogens (tertiary/aromatic N) is 3. The van der Waals surface area contributed by atoms with Crippen molar-refractivity contribution in [2.75, 3.05) is 19.8 Å². The molecule has 2 aliphatic heterocycles. The molecule has 7 heteroatoms. The third-order valence-electron chi connectivity index (χ3n) is 3.10. The van der Waals surface area contributed by atoms with E-state index in [0.29, 0.717) is 26.3 Å². The van der Waals surface area contributed by atoms with Crippen LogP contribution in [0, 0.1) is 0 Å². The van der Waals surface area contributed by atoms with Gasteiger partial charge in [0.2, 0.25) is 5.43 Å². The topological polar surface area (TPSA) is 84.7 Å². The predicted octanol–water partition coefficient (Wildman–Crippen LogP) is -1.20. The summed E-state index contributed by atoms with van der Waals surface area (Å²) < 4.78 is 6.67. The van der Waals surface area contributed by atoms with Gasteiger partial charge in [-0.05, 0) is 0 Å². The molecule has 17 heavy (non-hydrogen) atoms. The molecule has 1 saturated heterocycles. The fraction of sp³-hybridized carbons (Fsp3) is 0.500. The second kappa shape index (κ2) is 3.56. The maximum atomic E-state index is 12.1. The summed E-state index contributed by atoms with van der Waals surface area (Å²) in [5.41, 5.74) is -0.646. The van der Waals surface area contributed by atoms with Crippen LogP contribution in [0.15, 0.2) is 11.0 Å². The van der Waals surface area contributed by atoms with Crippen molar-refractivity contribution in [3.8, 4) is 5.75 Å². The van der Waals surface area contributed by atoms with Crippen molar-refractivity contribution in [1.82, 2.24) is 14.7 Å². The molecule has 90 valence electrons. The Hall–Kier alpha value is -1.89. The van der Waals surface area contributed by atoms with Crippen molar-refractivity contribution < 1.29 is 14.6 Å². The van der Waals surface area contributed by atoms with Crippen molar-refractivity contribution >= 4 is 5.91 Å². The Kier molecular flexibility index (Phi) is 2.15. The van der Waals surface area contributed by atoms with E-state index in [9.17, 15) is 14.7 Å². The number of carbonyl (C=O) groups excluding carboxylic acids is 1. The summed E-state index contributed by atoms with van der Waals surface area (Å²) >= 11 is 0. The Bertz CT molecular complexity index is 539. The first kappa shape index (κ1) is 10.3. The van der Waals surface area contributed by atoms with Crippen LogP contribution in [0.5, 0.6) is 5.75 Å². The highest BCUT2D eigenvalue weighted by Gasteiger charge is 2.37. The maximum absolute atomic E-state index is 12.1. The summed E-state index contributed by atoms with van der Waals surface area (Å²) in [6.07, 6.45) is 1.02. The van der Waals surface area contributed by atoms with Crippen LogP contribution in [0.25, 0.3) is 0 Å². The minimum atomic E-state index is -0.628. The maximum Gasteiger partial charge on any atom is 0.276 e. The van der Waals surface area contributed by atoms with E-state index >= 15 is 0 Å². The molecule has 2 aliphatic rings. The van der Waals surface area contributed by atoms with Crippen molar-refractivity contribution in [1.29, 1.82) is 0 Å². The molecule has 1 aromatic heterocycles. The first-order chi connectivity index (χ1) is 8.18. The highest BCUT2D eigenvalue weighted by atomic mass is 16.5. The van der Waals surface area contributed by atoms with Crippen molar-refractivity contribution in [3.05, 3.63) is 22.1 Å². The van der Waals surface area contributed by atoms with E-state index in [1.165, 1.54) is 4.68 Å². The summed E-state index contributed by atoms with van der Waals surface area (Å²) in [6, 6.07) is -0.0712. The number of morpholine rings is 1. The van der Waals surface area contributed by atoms with E-state index in [0.717, 1.165) is 6.20 Å². The normalized spacial score (nSPS) is 23.2. The van der Waals surface area contributed by atoms with E-state index in [4.69, 9.17) is 4.74 Å². The Labute approximate surface area is 96.2 Å². The molecule has 1 fully saturated rings. The smallest absolute Gasteiger partial charge is 0.276 e. The first-order valence-corrected chi connectivity index (χ1v) is 5.36. The number of rotatable bonds is 0. The third kappa shape index (κ3) is 1.42. The zero-order valence-corrected chi connectivity index (χ0v) is 9.00. The summed E-state index contributed by atoms with van der Waals surface area (Å²) in [5, 5.41) is 13.5. The van der Waals surface area contributed by atoms with Gasteiger partial charge in [0.1, 0.15) is 0 Å². The van der Waals surface area contributed by atoms with Gasteiger partial charge in [0.25, 0.3) is 5.91 Å². The lowest BCUT2D eigenvalue weighted by atomic mass is 10.1. The molecule has 0 spiro atoms. The van der Waals surface area contributed by atoms with Gasteiger partial charge in [-0.2, -0.15) is 5.10 Å². The van der Waals surface area contributed by atoms with Crippen LogP contribution < -0.4 is 5.43 Å². The number of amides is 1. The van der Waals surface area contributed by atoms with Gasteiger partial charge >= 0.3 is 0 Å². The van der Waals surface area contributed by atoms with Crippen LogP contribution >= 0.6 is 0 Å². The van der Waals surface area contributed by atoms with Crippen LogP contribution in [0.2, 0.25) is 0 Å². The summed E-state index contributed by atoms with van der Waals surface area (Å²) in [7, 11) is 0. The fourth-order valence-corrected chi connectivity index (χ4v) is 2.24. The van der Waals surface area contributed by atoms with E-state index in [2.05, 4.69) is 5.10 Å². The highest BCUT2D eigenvalue weighted by Crippen LogP contribution is 2.22. The molecule has 7 nitrogen and oxygen atoms in total. The Balaban J connectivity index is 2.13. The molecule has 3 rings (SSSR count). The average Bonchev–Trinajstić information content (AvgIpc) is 2.34. The molecule has 0 aliphatic carbocycles. The number of ether oxygens (including phenoxy) is 1. The fourth-order valence-electron chi connectivity index (χ4n) is 2.24. The van der Waals surface area contributed by atoms with E-state index in [1.807, 2.05) is 0 Å². The Morgan fingerprint density at radius 3 is 3.12 bits per heavy atom. The standard InChI is InChI=1S/C10H11N3O4/c14-7-3-11-13-4-6-5-17-2-1-12(6)10(16)8(13)9(7)15/h3,6,15H,1-2,4-5H2. The van der Waals surface area contributed by atoms with Gasteiger partial charge in [0, 0.05) is 6.54 Å². The lowest BCUT2D eigenvalue weighted by Gasteiger charge is -2.39. The molecule has 0 aromatic carbocycles. The van der Waals surface area contributed by atoms with Crippen molar-refractivity contribution in [2.24, 2.45) is 0 Å². The summed E-state index contributed by atoms with van der Waals surface area (Å²) in [5.74, 6) is -0.873.